The smallest absolute Gasteiger partial charge is 0.0666 e. The average molecular weight is 198 g/mol. The van der Waals surface area contributed by atoms with Crippen LogP contribution in [0.5, 0.6) is 0 Å². The van der Waals surface area contributed by atoms with Gasteiger partial charge in [-0.3, -0.25) is 0 Å². The summed E-state index contributed by atoms with van der Waals surface area (Å²) < 4.78 is 5.41. The van der Waals surface area contributed by atoms with Crippen LogP contribution in [0.4, 0.5) is 0 Å². The van der Waals surface area contributed by atoms with Gasteiger partial charge in [-0.1, -0.05) is 0 Å². The molecule has 0 saturated heterocycles. The fourth-order valence-corrected chi connectivity index (χ4v) is 1.04. The molecular formula is C11H22N2O. The zero-order chi connectivity index (χ0) is 10.8. The van der Waals surface area contributed by atoms with Crippen molar-refractivity contribution in [2.75, 3.05) is 19.7 Å². The highest BCUT2D eigenvalue weighted by Gasteiger charge is 1.97. The predicted molar refractivity (Wildman–Crippen MR) is 58.0 cm³/mol. The van der Waals surface area contributed by atoms with E-state index in [1.165, 1.54) is 0 Å². The largest absolute Gasteiger partial charge is 0.379 e. The van der Waals surface area contributed by atoms with E-state index < -0.39 is 0 Å². The van der Waals surface area contributed by atoms with E-state index in [0.717, 1.165) is 32.5 Å². The van der Waals surface area contributed by atoms with Gasteiger partial charge < -0.3 is 10.1 Å². The fraction of sp³-hybridized carbons (Fsp3) is 0.909. The summed E-state index contributed by atoms with van der Waals surface area (Å²) in [5.74, 6) is 0.113. The van der Waals surface area contributed by atoms with E-state index in [4.69, 9.17) is 10.00 Å². The molecule has 0 amide bonds. The third kappa shape index (κ3) is 9.50. The summed E-state index contributed by atoms with van der Waals surface area (Å²) >= 11 is 0. The molecule has 0 heterocycles. The van der Waals surface area contributed by atoms with Crippen LogP contribution in [0, 0.1) is 17.2 Å². The highest BCUT2D eigenvalue weighted by atomic mass is 16.5. The summed E-state index contributed by atoms with van der Waals surface area (Å²) in [5, 5.41) is 11.8. The zero-order valence-electron chi connectivity index (χ0n) is 9.55. The Morgan fingerprint density at radius 3 is 2.57 bits per heavy atom. The summed E-state index contributed by atoms with van der Waals surface area (Å²) in [6.07, 6.45) is 2.54. The number of nitriles is 1. The number of ether oxygens (including phenoxy) is 1. The summed E-state index contributed by atoms with van der Waals surface area (Å²) in [6, 6.07) is 2.19. The van der Waals surface area contributed by atoms with Gasteiger partial charge in [0.1, 0.15) is 0 Å². The fourth-order valence-electron chi connectivity index (χ4n) is 1.04. The van der Waals surface area contributed by atoms with Crippen LogP contribution in [0.2, 0.25) is 0 Å². The van der Waals surface area contributed by atoms with Gasteiger partial charge in [-0.15, -0.1) is 0 Å². The second kappa shape index (κ2) is 8.98. The first-order chi connectivity index (χ1) is 6.66. The Morgan fingerprint density at radius 2 is 2.00 bits per heavy atom. The van der Waals surface area contributed by atoms with Crippen LogP contribution in [0.25, 0.3) is 0 Å². The molecule has 3 nitrogen and oxygen atoms in total. The molecule has 0 aromatic carbocycles. The molecule has 0 aromatic rings. The van der Waals surface area contributed by atoms with Crippen molar-refractivity contribution >= 4 is 0 Å². The van der Waals surface area contributed by atoms with Crippen molar-refractivity contribution in [3.63, 3.8) is 0 Å². The zero-order valence-corrected chi connectivity index (χ0v) is 9.55. The molecule has 14 heavy (non-hydrogen) atoms. The Morgan fingerprint density at radius 1 is 1.29 bits per heavy atom. The van der Waals surface area contributed by atoms with E-state index >= 15 is 0 Å². The molecule has 0 aromatic heterocycles. The topological polar surface area (TPSA) is 45.0 Å². The summed E-state index contributed by atoms with van der Waals surface area (Å²) in [5.41, 5.74) is 0. The van der Waals surface area contributed by atoms with Crippen molar-refractivity contribution in [3.8, 4) is 6.07 Å². The Hall–Kier alpha value is -0.590. The number of hydrogen-bond acceptors (Lipinski definition) is 3. The lowest BCUT2D eigenvalue weighted by Gasteiger charge is -2.08. The van der Waals surface area contributed by atoms with Crippen LogP contribution >= 0.6 is 0 Å². The van der Waals surface area contributed by atoms with Gasteiger partial charge in [-0.25, -0.2) is 0 Å². The van der Waals surface area contributed by atoms with Gasteiger partial charge in [0.05, 0.1) is 18.1 Å². The van der Waals surface area contributed by atoms with Crippen molar-refractivity contribution in [2.24, 2.45) is 5.92 Å². The maximum absolute atomic E-state index is 8.53. The van der Waals surface area contributed by atoms with Crippen molar-refractivity contribution < 1.29 is 4.74 Å². The predicted octanol–water partition coefficient (Wildman–Crippen LogP) is 1.94. The standard InChI is InChI=1S/C11H22N2O/c1-10(2)14-7-5-4-6-13-9-11(3)8-12/h10-11,13H,4-7,9H2,1-3H3. The normalized spacial score (nSPS) is 12.8. The molecule has 0 rings (SSSR count). The molecule has 0 aliphatic heterocycles. The molecule has 1 atom stereocenters. The van der Waals surface area contributed by atoms with Crippen LogP contribution in [0.1, 0.15) is 33.6 Å². The maximum atomic E-state index is 8.53. The van der Waals surface area contributed by atoms with Gasteiger partial charge in [0.25, 0.3) is 0 Å². The van der Waals surface area contributed by atoms with E-state index in [2.05, 4.69) is 11.4 Å². The number of nitrogens with one attached hydrogen (secondary N) is 1. The second-order valence-electron chi connectivity index (χ2n) is 3.86. The molecule has 0 saturated carbocycles. The summed E-state index contributed by atoms with van der Waals surface area (Å²) in [6.45, 7) is 8.64. The maximum Gasteiger partial charge on any atom is 0.0666 e. The van der Waals surface area contributed by atoms with Gasteiger partial charge in [-0.2, -0.15) is 5.26 Å². The van der Waals surface area contributed by atoms with E-state index in [0.29, 0.717) is 6.10 Å². The van der Waals surface area contributed by atoms with Crippen molar-refractivity contribution in [2.45, 2.75) is 39.7 Å². The molecule has 0 bridgehead atoms. The van der Waals surface area contributed by atoms with E-state index in [-0.39, 0.29) is 5.92 Å². The van der Waals surface area contributed by atoms with Gasteiger partial charge in [-0.05, 0) is 40.2 Å². The van der Waals surface area contributed by atoms with E-state index in [1.54, 1.807) is 0 Å². The lowest BCUT2D eigenvalue weighted by atomic mass is 10.2. The Bertz CT molecular complexity index is 163. The molecule has 1 unspecified atom stereocenters. The molecule has 82 valence electrons. The van der Waals surface area contributed by atoms with Crippen molar-refractivity contribution in [1.82, 2.24) is 5.32 Å². The number of rotatable bonds is 8. The molecule has 3 heteroatoms. The molecule has 0 spiro atoms. The third-order valence-corrected chi connectivity index (χ3v) is 1.87. The minimum Gasteiger partial charge on any atom is -0.379 e. The molecule has 0 fully saturated rings. The van der Waals surface area contributed by atoms with E-state index in [1.807, 2.05) is 20.8 Å². The summed E-state index contributed by atoms with van der Waals surface area (Å²) in [7, 11) is 0. The third-order valence-electron chi connectivity index (χ3n) is 1.87. The molecule has 1 N–H and O–H groups in total. The molecule has 0 aliphatic carbocycles. The highest BCUT2D eigenvalue weighted by Crippen LogP contribution is 1.94. The highest BCUT2D eigenvalue weighted by molar-refractivity contribution is 4.79. The lowest BCUT2D eigenvalue weighted by molar-refractivity contribution is 0.0760. The quantitative estimate of drug-likeness (QED) is 0.606. The molecular weight excluding hydrogens is 176 g/mol. The first kappa shape index (κ1) is 13.4. The van der Waals surface area contributed by atoms with Gasteiger partial charge >= 0.3 is 0 Å². The monoisotopic (exact) mass is 198 g/mol. The minimum absolute atomic E-state index is 0.113. The average Bonchev–Trinajstić information content (AvgIpc) is 2.15. The Kier molecular flexibility index (Phi) is 8.61. The SMILES string of the molecule is CC(C#N)CNCCCCOC(C)C. The summed E-state index contributed by atoms with van der Waals surface area (Å²) in [4.78, 5) is 0. The van der Waals surface area contributed by atoms with Gasteiger partial charge in [0.2, 0.25) is 0 Å². The lowest BCUT2D eigenvalue weighted by Crippen LogP contribution is -2.21. The van der Waals surface area contributed by atoms with Gasteiger partial charge in [0.15, 0.2) is 0 Å². The minimum atomic E-state index is 0.113. The molecule has 0 radical (unpaired) electrons. The van der Waals surface area contributed by atoms with Crippen LogP contribution in [-0.2, 0) is 4.74 Å². The van der Waals surface area contributed by atoms with Crippen LogP contribution < -0.4 is 5.32 Å². The number of nitrogens with zero attached hydrogens (tertiary/aromatic N) is 1. The Balaban J connectivity index is 3.04. The van der Waals surface area contributed by atoms with Crippen LogP contribution in [-0.4, -0.2) is 25.8 Å². The van der Waals surface area contributed by atoms with Crippen molar-refractivity contribution in [3.05, 3.63) is 0 Å². The van der Waals surface area contributed by atoms with Crippen LogP contribution in [0.15, 0.2) is 0 Å². The first-order valence-electron chi connectivity index (χ1n) is 5.38. The molecule has 0 aliphatic rings. The number of hydrogen-bond donors (Lipinski definition) is 1. The first-order valence-corrected chi connectivity index (χ1v) is 5.38. The second-order valence-corrected chi connectivity index (χ2v) is 3.86. The van der Waals surface area contributed by atoms with Crippen molar-refractivity contribution in [1.29, 1.82) is 5.26 Å². The van der Waals surface area contributed by atoms with E-state index in [9.17, 15) is 0 Å². The van der Waals surface area contributed by atoms with Gasteiger partial charge in [0, 0.05) is 13.2 Å². The Labute approximate surface area is 87.4 Å². The van der Waals surface area contributed by atoms with Crippen LogP contribution in [0.3, 0.4) is 0 Å². The number of unbranched alkanes of at least 4 members (excludes halogenated alkanes) is 1.